The molecule has 0 unspecified atom stereocenters. The molecule has 2 aromatic rings. The molecule has 0 saturated carbocycles. The smallest absolute Gasteiger partial charge is 0.284 e. The van der Waals surface area contributed by atoms with Gasteiger partial charge in [0.25, 0.3) is 5.69 Å². The summed E-state index contributed by atoms with van der Waals surface area (Å²) in [7, 11) is 1.44. The first-order valence-electron chi connectivity index (χ1n) is 4.28. The van der Waals surface area contributed by atoms with Crippen LogP contribution in [0, 0.1) is 10.1 Å². The van der Waals surface area contributed by atoms with Gasteiger partial charge in [-0.2, -0.15) is 5.21 Å². The predicted octanol–water partition coefficient (Wildman–Crippen LogP) is 0.783. The molecule has 1 heterocycles. The Labute approximate surface area is 89.4 Å². The van der Waals surface area contributed by atoms with Gasteiger partial charge in [-0.3, -0.25) is 10.1 Å². The van der Waals surface area contributed by atoms with Gasteiger partial charge in [0.2, 0.25) is 5.82 Å². The number of nitro benzene ring substituents is 1. The molecule has 2 rings (SSSR count). The van der Waals surface area contributed by atoms with E-state index >= 15 is 0 Å². The van der Waals surface area contributed by atoms with E-state index in [-0.39, 0.29) is 11.5 Å². The van der Waals surface area contributed by atoms with E-state index < -0.39 is 4.92 Å². The second-order valence-electron chi connectivity index (χ2n) is 2.88. The van der Waals surface area contributed by atoms with Gasteiger partial charge in [-0.05, 0) is 17.3 Å². The molecule has 8 heteroatoms. The Morgan fingerprint density at radius 2 is 2.31 bits per heavy atom. The van der Waals surface area contributed by atoms with Gasteiger partial charge >= 0.3 is 0 Å². The molecular formula is C8H7N5O3. The number of nitrogens with zero attached hydrogens (tertiary/aromatic N) is 4. The van der Waals surface area contributed by atoms with Gasteiger partial charge in [-0.1, -0.05) is 0 Å². The van der Waals surface area contributed by atoms with E-state index in [1.807, 2.05) is 0 Å². The first-order valence-corrected chi connectivity index (χ1v) is 4.28. The molecule has 0 spiro atoms. The first kappa shape index (κ1) is 10.0. The summed E-state index contributed by atoms with van der Waals surface area (Å²) in [6.45, 7) is 0. The molecule has 0 aliphatic carbocycles. The van der Waals surface area contributed by atoms with Crippen molar-refractivity contribution < 1.29 is 9.66 Å². The average molecular weight is 221 g/mol. The van der Waals surface area contributed by atoms with Crippen LogP contribution in [0.15, 0.2) is 18.2 Å². The molecule has 8 nitrogen and oxygen atoms in total. The third kappa shape index (κ3) is 1.67. The summed E-state index contributed by atoms with van der Waals surface area (Å²) in [4.78, 5) is 10.3. The molecule has 82 valence electrons. The van der Waals surface area contributed by atoms with Crippen LogP contribution < -0.4 is 4.74 Å². The Morgan fingerprint density at radius 1 is 1.50 bits per heavy atom. The van der Waals surface area contributed by atoms with Crippen LogP contribution in [0.4, 0.5) is 5.69 Å². The van der Waals surface area contributed by atoms with Crippen LogP contribution in [0.1, 0.15) is 0 Å². The molecule has 0 saturated heterocycles. The Balaban J connectivity index is 2.57. The highest BCUT2D eigenvalue weighted by molar-refractivity contribution is 5.68. The quantitative estimate of drug-likeness (QED) is 0.606. The number of methoxy groups -OCH3 is 1. The van der Waals surface area contributed by atoms with E-state index in [0.29, 0.717) is 11.3 Å². The van der Waals surface area contributed by atoms with Crippen molar-refractivity contribution in [2.24, 2.45) is 0 Å². The zero-order chi connectivity index (χ0) is 11.5. The van der Waals surface area contributed by atoms with Crippen molar-refractivity contribution in [3.05, 3.63) is 28.3 Å². The Hall–Kier alpha value is -2.51. The number of rotatable bonds is 3. The second-order valence-corrected chi connectivity index (χ2v) is 2.88. The molecule has 0 bridgehead atoms. The lowest BCUT2D eigenvalue weighted by Crippen LogP contribution is -1.94. The number of aromatic amines is 1. The summed E-state index contributed by atoms with van der Waals surface area (Å²) in [5.41, 5.74) is 0.167. The fraction of sp³-hybridized carbons (Fsp3) is 0.125. The standard InChI is InChI=1S/C8H7N5O3/c1-16-5-2-3-6(7(4-5)13(14)15)8-9-11-12-10-8/h2-4H,1H3,(H,9,10,11,12). The van der Waals surface area contributed by atoms with Crippen LogP contribution in [-0.4, -0.2) is 32.7 Å². The average Bonchev–Trinajstić information content (AvgIpc) is 2.81. The minimum Gasteiger partial charge on any atom is -0.497 e. The lowest BCUT2D eigenvalue weighted by atomic mass is 10.1. The summed E-state index contributed by atoms with van der Waals surface area (Å²) in [6, 6.07) is 4.42. The summed E-state index contributed by atoms with van der Waals surface area (Å²) in [5.74, 6) is 0.577. The van der Waals surface area contributed by atoms with E-state index in [4.69, 9.17) is 4.74 Å². The molecule has 16 heavy (non-hydrogen) atoms. The van der Waals surface area contributed by atoms with Gasteiger partial charge in [0.05, 0.1) is 18.1 Å². The summed E-state index contributed by atoms with van der Waals surface area (Å²) < 4.78 is 4.91. The second kappa shape index (κ2) is 3.93. The number of H-pyrrole nitrogens is 1. The number of ether oxygens (including phenoxy) is 1. The minimum atomic E-state index is -0.520. The van der Waals surface area contributed by atoms with Crippen molar-refractivity contribution in [3.63, 3.8) is 0 Å². The largest absolute Gasteiger partial charge is 0.497 e. The zero-order valence-electron chi connectivity index (χ0n) is 8.25. The van der Waals surface area contributed by atoms with Gasteiger partial charge in [-0.15, -0.1) is 10.2 Å². The lowest BCUT2D eigenvalue weighted by Gasteiger charge is -2.01. The van der Waals surface area contributed by atoms with Crippen molar-refractivity contribution in [1.82, 2.24) is 20.6 Å². The fourth-order valence-electron chi connectivity index (χ4n) is 1.25. The molecular weight excluding hydrogens is 214 g/mol. The third-order valence-corrected chi connectivity index (χ3v) is 1.99. The van der Waals surface area contributed by atoms with Gasteiger partial charge in [0, 0.05) is 0 Å². The molecule has 0 fully saturated rings. The summed E-state index contributed by atoms with van der Waals surface area (Å²) in [6.07, 6.45) is 0. The topological polar surface area (TPSA) is 107 Å². The maximum atomic E-state index is 10.8. The Bertz CT molecular complexity index is 510. The maximum absolute atomic E-state index is 10.8. The van der Waals surface area contributed by atoms with Crippen LogP contribution in [0.5, 0.6) is 5.75 Å². The van der Waals surface area contributed by atoms with E-state index in [2.05, 4.69) is 20.6 Å². The molecule has 1 N–H and O–H groups in total. The van der Waals surface area contributed by atoms with Crippen molar-refractivity contribution in [2.45, 2.75) is 0 Å². The Morgan fingerprint density at radius 3 is 2.88 bits per heavy atom. The molecule has 0 aliphatic rings. The molecule has 1 aromatic heterocycles. The minimum absolute atomic E-state index is 0.124. The molecule has 0 aliphatic heterocycles. The van der Waals surface area contributed by atoms with Gasteiger partial charge < -0.3 is 4.74 Å². The van der Waals surface area contributed by atoms with Crippen molar-refractivity contribution in [2.75, 3.05) is 7.11 Å². The van der Waals surface area contributed by atoms with Crippen molar-refractivity contribution in [3.8, 4) is 17.1 Å². The van der Waals surface area contributed by atoms with Crippen LogP contribution in [0.25, 0.3) is 11.4 Å². The molecule has 0 amide bonds. The lowest BCUT2D eigenvalue weighted by molar-refractivity contribution is -0.384. The first-order chi connectivity index (χ1) is 7.72. The maximum Gasteiger partial charge on any atom is 0.284 e. The van der Waals surface area contributed by atoms with E-state index in [1.54, 1.807) is 6.07 Å². The number of tetrazole rings is 1. The highest BCUT2D eigenvalue weighted by Gasteiger charge is 2.19. The zero-order valence-corrected chi connectivity index (χ0v) is 8.25. The van der Waals surface area contributed by atoms with Gasteiger partial charge in [0.1, 0.15) is 11.3 Å². The van der Waals surface area contributed by atoms with Crippen LogP contribution in [0.2, 0.25) is 0 Å². The number of hydrogen-bond acceptors (Lipinski definition) is 6. The molecule has 0 radical (unpaired) electrons. The number of aromatic nitrogens is 4. The van der Waals surface area contributed by atoms with Crippen LogP contribution in [-0.2, 0) is 0 Å². The molecule has 0 atom stereocenters. The number of benzene rings is 1. The highest BCUT2D eigenvalue weighted by Crippen LogP contribution is 2.30. The predicted molar refractivity (Wildman–Crippen MR) is 52.8 cm³/mol. The van der Waals surface area contributed by atoms with Gasteiger partial charge in [0.15, 0.2) is 0 Å². The number of nitro groups is 1. The fourth-order valence-corrected chi connectivity index (χ4v) is 1.25. The van der Waals surface area contributed by atoms with E-state index in [1.165, 1.54) is 19.2 Å². The number of nitrogens with one attached hydrogen (secondary N) is 1. The normalized spacial score (nSPS) is 10.1. The van der Waals surface area contributed by atoms with E-state index in [9.17, 15) is 10.1 Å². The molecule has 1 aromatic carbocycles. The number of hydrogen-bond donors (Lipinski definition) is 1. The SMILES string of the molecule is COc1ccc(-c2nn[nH]n2)c([N+](=O)[O-])c1. The summed E-state index contributed by atoms with van der Waals surface area (Å²) >= 11 is 0. The van der Waals surface area contributed by atoms with E-state index in [0.717, 1.165) is 0 Å². The van der Waals surface area contributed by atoms with Crippen molar-refractivity contribution in [1.29, 1.82) is 0 Å². The summed E-state index contributed by atoms with van der Waals surface area (Å²) in [5, 5.41) is 23.8. The third-order valence-electron chi connectivity index (χ3n) is 1.99. The van der Waals surface area contributed by atoms with Crippen molar-refractivity contribution >= 4 is 5.69 Å². The van der Waals surface area contributed by atoms with Crippen LogP contribution >= 0.6 is 0 Å². The highest BCUT2D eigenvalue weighted by atomic mass is 16.6. The monoisotopic (exact) mass is 221 g/mol. The van der Waals surface area contributed by atoms with Crippen LogP contribution in [0.3, 0.4) is 0 Å². The van der Waals surface area contributed by atoms with Gasteiger partial charge in [-0.25, -0.2) is 0 Å². The Kier molecular flexibility index (Phi) is 2.46.